The van der Waals surface area contributed by atoms with Crippen LogP contribution in [0.4, 0.5) is 0 Å². The minimum absolute atomic E-state index is 0.132. The van der Waals surface area contributed by atoms with Gasteiger partial charge in [-0.25, -0.2) is 4.68 Å². The summed E-state index contributed by atoms with van der Waals surface area (Å²) in [4.78, 5) is 12.6. The summed E-state index contributed by atoms with van der Waals surface area (Å²) in [7, 11) is 0. The van der Waals surface area contributed by atoms with Gasteiger partial charge in [0.1, 0.15) is 6.07 Å². The number of hydrogen-bond acceptors (Lipinski definition) is 3. The molecule has 0 aliphatic rings. The first-order chi connectivity index (χ1) is 12.9. The fourth-order valence-corrected chi connectivity index (χ4v) is 2.73. The highest BCUT2D eigenvalue weighted by Gasteiger charge is 2.25. The number of ketones is 1. The molecule has 0 spiro atoms. The Morgan fingerprint density at radius 2 is 1.63 bits per heavy atom. The quantitative estimate of drug-likeness (QED) is 0.485. The van der Waals surface area contributed by atoms with E-state index in [1.807, 2.05) is 87.6 Å². The molecule has 0 aliphatic carbocycles. The molecule has 27 heavy (non-hydrogen) atoms. The smallest absolute Gasteiger partial charge is 0.178 e. The van der Waals surface area contributed by atoms with Gasteiger partial charge in [-0.1, -0.05) is 69.3 Å². The van der Waals surface area contributed by atoms with Gasteiger partial charge in [0.15, 0.2) is 5.78 Å². The lowest BCUT2D eigenvalue weighted by Gasteiger charge is -2.15. The van der Waals surface area contributed by atoms with Crippen molar-refractivity contribution in [2.45, 2.75) is 20.8 Å². The largest absolute Gasteiger partial charge is 0.293 e. The third kappa shape index (κ3) is 4.04. The lowest BCUT2D eigenvalue weighted by molar-refractivity contribution is -0.121. The molecule has 0 saturated carbocycles. The number of rotatable bonds is 4. The van der Waals surface area contributed by atoms with Crippen LogP contribution in [0.5, 0.6) is 0 Å². The number of Topliss-reactive ketones (excluding diaryl/α,β-unsaturated/α-hetero) is 1. The first kappa shape index (κ1) is 18.3. The molecule has 134 valence electrons. The Morgan fingerprint density at radius 1 is 1.04 bits per heavy atom. The number of nitrogens with zero attached hydrogens (tertiary/aromatic N) is 3. The summed E-state index contributed by atoms with van der Waals surface area (Å²) >= 11 is 0. The summed E-state index contributed by atoms with van der Waals surface area (Å²) < 4.78 is 1.77. The van der Waals surface area contributed by atoms with Crippen molar-refractivity contribution in [1.29, 1.82) is 5.26 Å². The van der Waals surface area contributed by atoms with Gasteiger partial charge < -0.3 is 0 Å². The van der Waals surface area contributed by atoms with Crippen molar-refractivity contribution in [2.75, 3.05) is 0 Å². The second kappa shape index (κ2) is 7.43. The molecule has 4 heteroatoms. The van der Waals surface area contributed by atoms with Crippen molar-refractivity contribution < 1.29 is 4.79 Å². The van der Waals surface area contributed by atoms with E-state index >= 15 is 0 Å². The minimum Gasteiger partial charge on any atom is -0.293 e. The van der Waals surface area contributed by atoms with Crippen LogP contribution in [0.2, 0.25) is 0 Å². The molecule has 0 bridgehead atoms. The molecule has 4 nitrogen and oxygen atoms in total. The highest BCUT2D eigenvalue weighted by Crippen LogP contribution is 2.27. The van der Waals surface area contributed by atoms with Gasteiger partial charge in [-0.05, 0) is 18.2 Å². The summed E-state index contributed by atoms with van der Waals surface area (Å²) in [5.74, 6) is -0.184. The van der Waals surface area contributed by atoms with Crippen LogP contribution < -0.4 is 0 Å². The van der Waals surface area contributed by atoms with Crippen LogP contribution in [0.3, 0.4) is 0 Å². The Labute approximate surface area is 159 Å². The van der Waals surface area contributed by atoms with Crippen molar-refractivity contribution in [1.82, 2.24) is 9.78 Å². The van der Waals surface area contributed by atoms with E-state index in [-0.39, 0.29) is 11.4 Å². The number of carbonyl (C=O) groups is 1. The predicted octanol–water partition coefficient (Wildman–Crippen LogP) is 5.06. The summed E-state index contributed by atoms with van der Waals surface area (Å²) in [6.07, 6.45) is 3.49. The monoisotopic (exact) mass is 355 g/mol. The zero-order valence-corrected chi connectivity index (χ0v) is 15.7. The zero-order chi connectivity index (χ0) is 19.4. The maximum absolute atomic E-state index is 12.6. The number of aromatic nitrogens is 2. The summed E-state index contributed by atoms with van der Waals surface area (Å²) in [6.45, 7) is 5.43. The second-order valence-corrected chi connectivity index (χ2v) is 7.33. The Balaban J connectivity index is 2.16. The molecular formula is C23H21N3O. The van der Waals surface area contributed by atoms with Crippen molar-refractivity contribution in [3.8, 4) is 23.0 Å². The molecule has 0 N–H and O–H groups in total. The SMILES string of the molecule is CC(C)(C)C(=O)/C(C#N)=C\c1cn(-c2ccccc2)nc1-c1ccccc1. The number of benzene rings is 2. The van der Waals surface area contributed by atoms with Crippen LogP contribution in [0, 0.1) is 16.7 Å². The molecule has 0 aliphatic heterocycles. The Bertz CT molecular complexity index is 1020. The van der Waals surface area contributed by atoms with E-state index in [1.54, 1.807) is 10.8 Å². The summed E-state index contributed by atoms with van der Waals surface area (Å²) in [5, 5.41) is 14.3. The number of allylic oxidation sites excluding steroid dienone is 1. The van der Waals surface area contributed by atoms with Gasteiger partial charge in [0.2, 0.25) is 0 Å². The van der Waals surface area contributed by atoms with Crippen LogP contribution in [-0.4, -0.2) is 15.6 Å². The van der Waals surface area contributed by atoms with Gasteiger partial charge >= 0.3 is 0 Å². The fraction of sp³-hybridized carbons (Fsp3) is 0.174. The molecule has 0 fully saturated rings. The topological polar surface area (TPSA) is 58.7 Å². The van der Waals surface area contributed by atoms with Crippen molar-refractivity contribution in [3.63, 3.8) is 0 Å². The average molecular weight is 355 g/mol. The molecule has 0 unspecified atom stereocenters. The van der Waals surface area contributed by atoms with Gasteiger partial charge in [0.05, 0.1) is 17.0 Å². The lowest BCUT2D eigenvalue weighted by Crippen LogP contribution is -2.21. The van der Waals surface area contributed by atoms with Crippen LogP contribution >= 0.6 is 0 Å². The van der Waals surface area contributed by atoms with Gasteiger partial charge in [-0.3, -0.25) is 4.79 Å². The van der Waals surface area contributed by atoms with E-state index < -0.39 is 5.41 Å². The normalized spacial score (nSPS) is 11.9. The van der Waals surface area contributed by atoms with Gasteiger partial charge in [0.25, 0.3) is 0 Å². The summed E-state index contributed by atoms with van der Waals surface area (Å²) in [5.41, 5.74) is 2.82. The Morgan fingerprint density at radius 3 is 2.19 bits per heavy atom. The lowest BCUT2D eigenvalue weighted by atomic mass is 9.86. The number of carbonyl (C=O) groups excluding carboxylic acids is 1. The third-order valence-corrected chi connectivity index (χ3v) is 4.16. The Hall–Kier alpha value is -3.45. The second-order valence-electron chi connectivity index (χ2n) is 7.33. The molecule has 1 aromatic heterocycles. The zero-order valence-electron chi connectivity index (χ0n) is 15.7. The summed E-state index contributed by atoms with van der Waals surface area (Å²) in [6, 6.07) is 21.6. The van der Waals surface area contributed by atoms with E-state index in [9.17, 15) is 10.1 Å². The number of para-hydroxylation sites is 1. The molecule has 2 aromatic carbocycles. The van der Waals surface area contributed by atoms with E-state index in [0.717, 1.165) is 22.5 Å². The highest BCUT2D eigenvalue weighted by molar-refractivity contribution is 6.06. The van der Waals surface area contributed by atoms with Crippen molar-refractivity contribution in [3.05, 3.63) is 78.0 Å². The molecule has 0 radical (unpaired) electrons. The van der Waals surface area contributed by atoms with E-state index in [1.165, 1.54) is 0 Å². The molecule has 3 aromatic rings. The van der Waals surface area contributed by atoms with E-state index in [0.29, 0.717) is 0 Å². The first-order valence-electron chi connectivity index (χ1n) is 8.77. The predicted molar refractivity (Wildman–Crippen MR) is 107 cm³/mol. The van der Waals surface area contributed by atoms with Crippen LogP contribution in [0.25, 0.3) is 23.0 Å². The standard InChI is InChI=1S/C23H21N3O/c1-23(2,3)22(27)18(15-24)14-19-16-26(20-12-8-5-9-13-20)25-21(19)17-10-6-4-7-11-17/h4-14,16H,1-3H3/b18-14-. The molecule has 0 amide bonds. The third-order valence-electron chi connectivity index (χ3n) is 4.16. The van der Waals surface area contributed by atoms with E-state index in [4.69, 9.17) is 5.10 Å². The highest BCUT2D eigenvalue weighted by atomic mass is 16.1. The van der Waals surface area contributed by atoms with Gasteiger partial charge in [-0.15, -0.1) is 0 Å². The van der Waals surface area contributed by atoms with Gasteiger partial charge in [-0.2, -0.15) is 10.4 Å². The fourth-order valence-electron chi connectivity index (χ4n) is 2.73. The maximum atomic E-state index is 12.6. The molecule has 0 saturated heterocycles. The number of hydrogen-bond donors (Lipinski definition) is 0. The number of nitriles is 1. The Kier molecular flexibility index (Phi) is 5.05. The minimum atomic E-state index is -0.621. The van der Waals surface area contributed by atoms with Crippen molar-refractivity contribution >= 4 is 11.9 Å². The molecule has 1 heterocycles. The van der Waals surface area contributed by atoms with Crippen LogP contribution in [0.15, 0.2) is 72.4 Å². The van der Waals surface area contributed by atoms with Crippen LogP contribution in [0.1, 0.15) is 26.3 Å². The molecule has 0 atom stereocenters. The average Bonchev–Trinajstić information content (AvgIpc) is 3.10. The van der Waals surface area contributed by atoms with Crippen LogP contribution in [-0.2, 0) is 4.79 Å². The maximum Gasteiger partial charge on any atom is 0.178 e. The molecule has 3 rings (SSSR count). The molecular weight excluding hydrogens is 334 g/mol. The first-order valence-corrected chi connectivity index (χ1v) is 8.77. The van der Waals surface area contributed by atoms with Gasteiger partial charge in [0, 0.05) is 22.7 Å². The van der Waals surface area contributed by atoms with Crippen molar-refractivity contribution in [2.24, 2.45) is 5.41 Å². The van der Waals surface area contributed by atoms with E-state index in [2.05, 4.69) is 6.07 Å².